The van der Waals surface area contributed by atoms with Gasteiger partial charge in [0.15, 0.2) is 0 Å². The molecule has 0 bridgehead atoms. The van der Waals surface area contributed by atoms with Gasteiger partial charge in [-0.1, -0.05) is 31.2 Å². The highest BCUT2D eigenvalue weighted by Gasteiger charge is 2.30. The third kappa shape index (κ3) is 2.19. The van der Waals surface area contributed by atoms with Crippen LogP contribution >= 0.6 is 0 Å². The lowest BCUT2D eigenvalue weighted by Crippen LogP contribution is -2.50. The second kappa shape index (κ2) is 5.02. The maximum atomic E-state index is 3.54. The number of piperazine rings is 1. The summed E-state index contributed by atoms with van der Waals surface area (Å²) in [6.45, 7) is 8.18. The fourth-order valence-corrected chi connectivity index (χ4v) is 3.61. The highest BCUT2D eigenvalue weighted by Crippen LogP contribution is 2.40. The van der Waals surface area contributed by atoms with Gasteiger partial charge in [-0.05, 0) is 36.8 Å². The van der Waals surface area contributed by atoms with Gasteiger partial charge in [-0.2, -0.15) is 0 Å². The van der Waals surface area contributed by atoms with Crippen LogP contribution in [0, 0.1) is 0 Å². The first-order valence-corrected chi connectivity index (χ1v) is 7.32. The van der Waals surface area contributed by atoms with Crippen LogP contribution in [0.3, 0.4) is 0 Å². The minimum absolute atomic E-state index is 0.630. The minimum atomic E-state index is 0.630. The molecule has 1 aromatic rings. The Labute approximate surface area is 110 Å². The van der Waals surface area contributed by atoms with E-state index in [0.29, 0.717) is 12.1 Å². The van der Waals surface area contributed by atoms with Crippen LogP contribution in [-0.4, -0.2) is 30.6 Å². The van der Waals surface area contributed by atoms with Crippen LogP contribution in [0.25, 0.3) is 0 Å². The summed E-state index contributed by atoms with van der Waals surface area (Å²) in [4.78, 5) is 2.69. The third-order valence-electron chi connectivity index (χ3n) is 4.60. The van der Waals surface area contributed by atoms with Gasteiger partial charge in [0.1, 0.15) is 0 Å². The lowest BCUT2D eigenvalue weighted by atomic mass is 9.80. The van der Waals surface area contributed by atoms with Gasteiger partial charge in [-0.3, -0.25) is 4.90 Å². The van der Waals surface area contributed by atoms with Gasteiger partial charge in [0.05, 0.1) is 0 Å². The molecule has 1 N–H and O–H groups in total. The standard InChI is InChI=1S/C16H24N2/c1-12-7-8-16(15-6-4-3-5-14(12)15)18-10-9-17-13(2)11-18/h3-6,12-13,16-17H,7-11H2,1-2H3. The lowest BCUT2D eigenvalue weighted by Gasteiger charge is -2.41. The summed E-state index contributed by atoms with van der Waals surface area (Å²) in [6, 6.07) is 10.4. The molecule has 1 aliphatic heterocycles. The maximum Gasteiger partial charge on any atom is 0.0352 e. The predicted octanol–water partition coefficient (Wildman–Crippen LogP) is 2.92. The summed E-state index contributed by atoms with van der Waals surface area (Å²) in [5.74, 6) is 0.734. The summed E-state index contributed by atoms with van der Waals surface area (Å²) in [6.07, 6.45) is 2.66. The normalized spacial score (nSPS) is 33.1. The lowest BCUT2D eigenvalue weighted by molar-refractivity contribution is 0.132. The molecule has 2 heteroatoms. The quantitative estimate of drug-likeness (QED) is 0.817. The fourth-order valence-electron chi connectivity index (χ4n) is 3.61. The Hall–Kier alpha value is -0.860. The largest absolute Gasteiger partial charge is 0.312 e. The van der Waals surface area contributed by atoms with Crippen LogP contribution in [0.4, 0.5) is 0 Å². The summed E-state index contributed by atoms with van der Waals surface area (Å²) in [5, 5.41) is 3.54. The second-order valence-corrected chi connectivity index (χ2v) is 5.97. The summed E-state index contributed by atoms with van der Waals surface area (Å²) >= 11 is 0. The van der Waals surface area contributed by atoms with Gasteiger partial charge in [0.2, 0.25) is 0 Å². The van der Waals surface area contributed by atoms with Crippen LogP contribution in [0.1, 0.15) is 49.8 Å². The monoisotopic (exact) mass is 244 g/mol. The molecular weight excluding hydrogens is 220 g/mol. The van der Waals surface area contributed by atoms with E-state index >= 15 is 0 Å². The molecule has 1 heterocycles. The van der Waals surface area contributed by atoms with Gasteiger partial charge in [0, 0.05) is 31.7 Å². The Balaban J connectivity index is 1.87. The molecule has 2 nitrogen and oxygen atoms in total. The van der Waals surface area contributed by atoms with Crippen molar-refractivity contribution in [3.63, 3.8) is 0 Å². The number of fused-ring (bicyclic) bond motifs is 1. The molecule has 1 saturated heterocycles. The van der Waals surface area contributed by atoms with E-state index < -0.39 is 0 Å². The Bertz CT molecular complexity index is 415. The van der Waals surface area contributed by atoms with Crippen molar-refractivity contribution in [1.29, 1.82) is 0 Å². The maximum absolute atomic E-state index is 3.54. The molecule has 1 aliphatic carbocycles. The molecule has 3 atom stereocenters. The van der Waals surface area contributed by atoms with Crippen molar-refractivity contribution in [3.8, 4) is 0 Å². The summed E-state index contributed by atoms with van der Waals surface area (Å²) < 4.78 is 0. The second-order valence-electron chi connectivity index (χ2n) is 5.97. The molecule has 0 saturated carbocycles. The first-order chi connectivity index (χ1) is 8.75. The van der Waals surface area contributed by atoms with Crippen molar-refractivity contribution in [3.05, 3.63) is 35.4 Å². The van der Waals surface area contributed by atoms with Gasteiger partial charge >= 0.3 is 0 Å². The van der Waals surface area contributed by atoms with Crippen molar-refractivity contribution < 1.29 is 0 Å². The first-order valence-electron chi connectivity index (χ1n) is 7.32. The summed E-state index contributed by atoms with van der Waals surface area (Å²) in [7, 11) is 0. The Kier molecular flexibility index (Phi) is 3.40. The highest BCUT2D eigenvalue weighted by molar-refractivity contribution is 5.35. The minimum Gasteiger partial charge on any atom is -0.312 e. The van der Waals surface area contributed by atoms with Crippen molar-refractivity contribution in [2.45, 2.75) is 44.7 Å². The number of benzene rings is 1. The first kappa shape index (κ1) is 12.2. The van der Waals surface area contributed by atoms with Crippen LogP contribution in [0.15, 0.2) is 24.3 Å². The fraction of sp³-hybridized carbons (Fsp3) is 0.625. The average Bonchev–Trinajstić information content (AvgIpc) is 2.39. The van der Waals surface area contributed by atoms with E-state index in [4.69, 9.17) is 0 Å². The molecule has 0 amide bonds. The highest BCUT2D eigenvalue weighted by atomic mass is 15.2. The van der Waals surface area contributed by atoms with Crippen molar-refractivity contribution in [1.82, 2.24) is 10.2 Å². The van der Waals surface area contributed by atoms with E-state index in [9.17, 15) is 0 Å². The van der Waals surface area contributed by atoms with Crippen molar-refractivity contribution in [2.75, 3.05) is 19.6 Å². The molecular formula is C16H24N2. The van der Waals surface area contributed by atoms with Crippen LogP contribution in [0.2, 0.25) is 0 Å². The number of nitrogens with zero attached hydrogens (tertiary/aromatic N) is 1. The summed E-state index contributed by atoms with van der Waals surface area (Å²) in [5.41, 5.74) is 3.17. The smallest absolute Gasteiger partial charge is 0.0352 e. The molecule has 1 fully saturated rings. The molecule has 2 aliphatic rings. The van der Waals surface area contributed by atoms with Gasteiger partial charge in [-0.15, -0.1) is 0 Å². The van der Waals surface area contributed by atoms with Crippen molar-refractivity contribution in [2.24, 2.45) is 0 Å². The molecule has 98 valence electrons. The van der Waals surface area contributed by atoms with Crippen LogP contribution in [0.5, 0.6) is 0 Å². The zero-order valence-electron chi connectivity index (χ0n) is 11.5. The number of hydrogen-bond donors (Lipinski definition) is 1. The predicted molar refractivity (Wildman–Crippen MR) is 75.9 cm³/mol. The molecule has 18 heavy (non-hydrogen) atoms. The zero-order valence-corrected chi connectivity index (χ0v) is 11.5. The SMILES string of the molecule is CC1CN(C2CCC(C)c3ccccc32)CCN1. The Morgan fingerprint density at radius 3 is 2.67 bits per heavy atom. The van der Waals surface area contributed by atoms with Gasteiger partial charge in [-0.25, -0.2) is 0 Å². The Morgan fingerprint density at radius 2 is 1.89 bits per heavy atom. The van der Waals surface area contributed by atoms with Crippen LogP contribution < -0.4 is 5.32 Å². The molecule has 1 aromatic carbocycles. The number of hydrogen-bond acceptors (Lipinski definition) is 2. The van der Waals surface area contributed by atoms with E-state index in [1.54, 1.807) is 11.1 Å². The zero-order chi connectivity index (χ0) is 12.5. The number of nitrogens with one attached hydrogen (secondary N) is 1. The molecule has 0 spiro atoms. The van der Waals surface area contributed by atoms with E-state index in [1.807, 2.05) is 0 Å². The van der Waals surface area contributed by atoms with Gasteiger partial charge in [0.25, 0.3) is 0 Å². The Morgan fingerprint density at radius 1 is 1.11 bits per heavy atom. The number of rotatable bonds is 1. The molecule has 3 unspecified atom stereocenters. The van der Waals surface area contributed by atoms with E-state index in [-0.39, 0.29) is 0 Å². The molecule has 3 rings (SSSR count). The molecule has 0 aromatic heterocycles. The third-order valence-corrected chi connectivity index (χ3v) is 4.60. The van der Waals surface area contributed by atoms with Crippen LogP contribution in [-0.2, 0) is 0 Å². The molecule has 0 radical (unpaired) electrons. The van der Waals surface area contributed by atoms with E-state index in [2.05, 4.69) is 48.3 Å². The van der Waals surface area contributed by atoms with Gasteiger partial charge < -0.3 is 5.32 Å². The van der Waals surface area contributed by atoms with Crippen molar-refractivity contribution >= 4 is 0 Å². The van der Waals surface area contributed by atoms with E-state index in [1.165, 1.54) is 25.9 Å². The average molecular weight is 244 g/mol. The topological polar surface area (TPSA) is 15.3 Å². The van der Waals surface area contributed by atoms with E-state index in [0.717, 1.165) is 12.5 Å².